The molecule has 0 N–H and O–H groups in total. The number of oxime groups is 1. The highest BCUT2D eigenvalue weighted by Gasteiger charge is 2.03. The first-order valence-electron chi connectivity index (χ1n) is 7.80. The average Bonchev–Trinajstić information content (AvgIpc) is 2.59. The third-order valence-corrected chi connectivity index (χ3v) is 3.40. The van der Waals surface area contributed by atoms with Crippen molar-refractivity contribution in [2.75, 3.05) is 6.61 Å². The van der Waals surface area contributed by atoms with Gasteiger partial charge in [-0.25, -0.2) is 0 Å². The van der Waals surface area contributed by atoms with Crippen molar-refractivity contribution in [3.05, 3.63) is 77.9 Å². The zero-order chi connectivity index (χ0) is 15.6. The Kier molecular flexibility index (Phi) is 6.43. The van der Waals surface area contributed by atoms with Crippen molar-refractivity contribution < 1.29 is 4.84 Å². The molecule has 0 aliphatic heterocycles. The molecule has 22 heavy (non-hydrogen) atoms. The summed E-state index contributed by atoms with van der Waals surface area (Å²) in [6, 6.07) is 20.5. The summed E-state index contributed by atoms with van der Waals surface area (Å²) >= 11 is 0. The molecule has 0 heterocycles. The molecule has 0 bridgehead atoms. The Balaban J connectivity index is 2.24. The molecule has 0 atom stereocenters. The number of hydrogen-bond acceptors (Lipinski definition) is 2. The minimum absolute atomic E-state index is 0.658. The van der Waals surface area contributed by atoms with E-state index in [9.17, 15) is 0 Å². The Morgan fingerprint density at radius 3 is 2.14 bits per heavy atom. The summed E-state index contributed by atoms with van der Waals surface area (Å²) in [5, 5.41) is 4.34. The minimum Gasteiger partial charge on any atom is -0.395 e. The van der Waals surface area contributed by atoms with E-state index in [4.69, 9.17) is 4.84 Å². The molecule has 0 spiro atoms. The maximum atomic E-state index is 5.47. The molecule has 2 aromatic rings. The van der Waals surface area contributed by atoms with Crippen LogP contribution >= 0.6 is 0 Å². The summed E-state index contributed by atoms with van der Waals surface area (Å²) in [5.74, 6) is 0. The quantitative estimate of drug-likeness (QED) is 0.385. The maximum Gasteiger partial charge on any atom is 0.117 e. The van der Waals surface area contributed by atoms with Crippen LogP contribution in [0.15, 0.2) is 71.9 Å². The molecule has 0 unspecified atom stereocenters. The lowest BCUT2D eigenvalue weighted by Gasteiger charge is -2.06. The van der Waals surface area contributed by atoms with Gasteiger partial charge >= 0.3 is 0 Å². The van der Waals surface area contributed by atoms with Crippen molar-refractivity contribution in [3.8, 4) is 0 Å². The predicted octanol–water partition coefficient (Wildman–Crippen LogP) is 5.31. The molecule has 2 aromatic carbocycles. The van der Waals surface area contributed by atoms with E-state index in [0.717, 1.165) is 24.1 Å². The van der Waals surface area contributed by atoms with E-state index >= 15 is 0 Å². The molecular weight excluding hydrogens is 270 g/mol. The first-order valence-corrected chi connectivity index (χ1v) is 7.80. The van der Waals surface area contributed by atoms with Gasteiger partial charge in [0.25, 0.3) is 0 Å². The second kappa shape index (κ2) is 8.83. The summed E-state index contributed by atoms with van der Waals surface area (Å²) < 4.78 is 0. The van der Waals surface area contributed by atoms with Gasteiger partial charge in [-0.3, -0.25) is 0 Å². The van der Waals surface area contributed by atoms with Crippen molar-refractivity contribution >= 4 is 11.3 Å². The van der Waals surface area contributed by atoms with Crippen LogP contribution in [-0.2, 0) is 4.84 Å². The normalized spacial score (nSPS) is 12.3. The number of rotatable bonds is 7. The summed E-state index contributed by atoms with van der Waals surface area (Å²) in [7, 11) is 0. The zero-order valence-corrected chi connectivity index (χ0v) is 13.3. The molecule has 114 valence electrons. The van der Waals surface area contributed by atoms with E-state index in [1.165, 1.54) is 11.1 Å². The standard InChI is InChI=1S/C20H23NO/c1-3-4-15-22-21-20(19-13-9-6-10-14-19)16-17(2)18-11-7-5-8-12-18/h5-14,16H,3-4,15H2,1-2H3. The molecule has 0 radical (unpaired) electrons. The molecule has 2 nitrogen and oxygen atoms in total. The van der Waals surface area contributed by atoms with Crippen molar-refractivity contribution in [1.29, 1.82) is 0 Å². The van der Waals surface area contributed by atoms with Gasteiger partial charge in [0.15, 0.2) is 0 Å². The van der Waals surface area contributed by atoms with Crippen LogP contribution < -0.4 is 0 Å². The number of nitrogens with zero attached hydrogens (tertiary/aromatic N) is 1. The lowest BCUT2D eigenvalue weighted by molar-refractivity contribution is 0.141. The Bertz CT molecular complexity index is 615. The summed E-state index contributed by atoms with van der Waals surface area (Å²) in [6.45, 7) is 4.90. The maximum absolute atomic E-state index is 5.47. The molecular formula is C20H23NO. The summed E-state index contributed by atoms with van der Waals surface area (Å²) in [6.07, 6.45) is 4.21. The van der Waals surface area contributed by atoms with Gasteiger partial charge < -0.3 is 4.84 Å². The SMILES string of the molecule is CCCCON=C(C=C(C)c1ccccc1)c1ccccc1. The second-order valence-electron chi connectivity index (χ2n) is 5.22. The highest BCUT2D eigenvalue weighted by atomic mass is 16.6. The first-order chi connectivity index (χ1) is 10.8. The molecule has 0 aromatic heterocycles. The first kappa shape index (κ1) is 16.0. The number of hydrogen-bond donors (Lipinski definition) is 0. The van der Waals surface area contributed by atoms with Crippen LogP contribution in [-0.4, -0.2) is 12.3 Å². The molecule has 0 amide bonds. The van der Waals surface area contributed by atoms with Gasteiger partial charge in [0.05, 0.1) is 0 Å². The van der Waals surface area contributed by atoms with Gasteiger partial charge in [0.2, 0.25) is 0 Å². The van der Waals surface area contributed by atoms with E-state index in [-0.39, 0.29) is 0 Å². The Morgan fingerprint density at radius 2 is 1.55 bits per heavy atom. The molecule has 0 aliphatic carbocycles. The largest absolute Gasteiger partial charge is 0.395 e. The fourth-order valence-corrected chi connectivity index (χ4v) is 2.08. The Hall–Kier alpha value is -2.35. The van der Waals surface area contributed by atoms with E-state index < -0.39 is 0 Å². The molecule has 2 rings (SSSR count). The van der Waals surface area contributed by atoms with Crippen molar-refractivity contribution in [1.82, 2.24) is 0 Å². The number of unbranched alkanes of at least 4 members (excludes halogenated alkanes) is 1. The second-order valence-corrected chi connectivity index (χ2v) is 5.22. The highest BCUT2D eigenvalue weighted by molar-refractivity contribution is 6.11. The average molecular weight is 293 g/mol. The van der Waals surface area contributed by atoms with Gasteiger partial charge in [-0.15, -0.1) is 0 Å². The van der Waals surface area contributed by atoms with E-state index in [1.807, 2.05) is 36.4 Å². The highest BCUT2D eigenvalue weighted by Crippen LogP contribution is 2.15. The van der Waals surface area contributed by atoms with E-state index in [2.05, 4.69) is 49.3 Å². The lowest BCUT2D eigenvalue weighted by Crippen LogP contribution is -2.00. The van der Waals surface area contributed by atoms with Crippen LogP contribution in [0.4, 0.5) is 0 Å². The van der Waals surface area contributed by atoms with Crippen molar-refractivity contribution in [2.45, 2.75) is 26.7 Å². The predicted molar refractivity (Wildman–Crippen MR) is 93.9 cm³/mol. The monoisotopic (exact) mass is 293 g/mol. The molecule has 0 fully saturated rings. The van der Waals surface area contributed by atoms with Crippen LogP contribution in [0.25, 0.3) is 5.57 Å². The van der Waals surface area contributed by atoms with Gasteiger partial charge in [-0.2, -0.15) is 0 Å². The molecule has 0 saturated carbocycles. The molecule has 2 heteroatoms. The van der Waals surface area contributed by atoms with E-state index in [1.54, 1.807) is 0 Å². The lowest BCUT2D eigenvalue weighted by atomic mass is 10.0. The minimum atomic E-state index is 0.658. The van der Waals surface area contributed by atoms with Crippen LogP contribution in [0.3, 0.4) is 0 Å². The van der Waals surface area contributed by atoms with E-state index in [0.29, 0.717) is 6.61 Å². The van der Waals surface area contributed by atoms with Crippen LogP contribution in [0.1, 0.15) is 37.8 Å². The Labute approximate surface area is 133 Å². The summed E-state index contributed by atoms with van der Waals surface area (Å²) in [5.41, 5.74) is 4.29. The van der Waals surface area contributed by atoms with Crippen molar-refractivity contribution in [3.63, 3.8) is 0 Å². The Morgan fingerprint density at radius 1 is 0.955 bits per heavy atom. The van der Waals surface area contributed by atoms with Crippen LogP contribution in [0, 0.1) is 0 Å². The molecule has 0 saturated heterocycles. The summed E-state index contributed by atoms with van der Waals surface area (Å²) in [4.78, 5) is 5.47. The van der Waals surface area contributed by atoms with Gasteiger partial charge in [-0.1, -0.05) is 79.2 Å². The van der Waals surface area contributed by atoms with Gasteiger partial charge in [0, 0.05) is 5.56 Å². The van der Waals surface area contributed by atoms with Gasteiger partial charge in [-0.05, 0) is 30.6 Å². The zero-order valence-electron chi connectivity index (χ0n) is 13.3. The number of allylic oxidation sites excluding steroid dienone is 2. The fraction of sp³-hybridized carbons (Fsp3) is 0.250. The van der Waals surface area contributed by atoms with Gasteiger partial charge in [0.1, 0.15) is 12.3 Å². The smallest absolute Gasteiger partial charge is 0.117 e. The topological polar surface area (TPSA) is 21.6 Å². The third-order valence-electron chi connectivity index (χ3n) is 3.40. The fourth-order valence-electron chi connectivity index (χ4n) is 2.08. The molecule has 0 aliphatic rings. The number of benzene rings is 2. The van der Waals surface area contributed by atoms with Crippen molar-refractivity contribution in [2.24, 2.45) is 5.16 Å². The van der Waals surface area contributed by atoms with Crippen LogP contribution in [0.2, 0.25) is 0 Å². The van der Waals surface area contributed by atoms with Crippen LogP contribution in [0.5, 0.6) is 0 Å². The third kappa shape index (κ3) is 4.88.